The molecule has 0 saturated carbocycles. The van der Waals surface area contributed by atoms with Crippen molar-refractivity contribution in [1.29, 1.82) is 0 Å². The molecule has 0 unspecified atom stereocenters. The molecule has 0 aliphatic heterocycles. The lowest BCUT2D eigenvalue weighted by atomic mass is 10.2. The fourth-order valence-corrected chi connectivity index (χ4v) is 1.76. The molecule has 0 aliphatic rings. The zero-order valence-corrected chi connectivity index (χ0v) is 14.6. The van der Waals surface area contributed by atoms with Crippen LogP contribution in [0.15, 0.2) is 12.2 Å². The van der Waals surface area contributed by atoms with E-state index in [2.05, 4.69) is 21.1 Å². The van der Waals surface area contributed by atoms with E-state index in [0.29, 0.717) is 13.2 Å². The Morgan fingerprint density at radius 1 is 0.818 bits per heavy atom. The van der Waals surface area contributed by atoms with Gasteiger partial charge in [0.25, 0.3) is 0 Å². The number of rotatable bonds is 12. The molecule has 0 spiro atoms. The lowest BCUT2D eigenvalue weighted by molar-refractivity contribution is -0.870. The van der Waals surface area contributed by atoms with Gasteiger partial charge in [-0.05, 0) is 32.1 Å². The zero-order chi connectivity index (χ0) is 16.8. The van der Waals surface area contributed by atoms with Gasteiger partial charge in [-0.3, -0.25) is 0 Å². The highest BCUT2D eigenvalue weighted by Crippen LogP contribution is 2.03. The Balaban J connectivity index is 3.55. The summed E-state index contributed by atoms with van der Waals surface area (Å²) in [7, 11) is 6.55. The molecule has 0 aliphatic carbocycles. The number of esters is 2. The monoisotopic (exact) mass is 314 g/mol. The molecule has 0 aromatic rings. The second kappa shape index (κ2) is 12.2. The molecule has 0 saturated heterocycles. The van der Waals surface area contributed by atoms with Gasteiger partial charge < -0.3 is 14.0 Å². The molecule has 128 valence electrons. The Morgan fingerprint density at radius 3 is 1.82 bits per heavy atom. The molecule has 0 aromatic heterocycles. The van der Waals surface area contributed by atoms with Gasteiger partial charge in [0, 0.05) is 12.2 Å². The minimum absolute atomic E-state index is 0.391. The largest absolute Gasteiger partial charge is 0.463 e. The van der Waals surface area contributed by atoms with E-state index in [1.165, 1.54) is 6.42 Å². The van der Waals surface area contributed by atoms with Crippen LogP contribution in [0.1, 0.15) is 45.4 Å². The highest BCUT2D eigenvalue weighted by atomic mass is 16.5. The number of hydrogen-bond acceptors (Lipinski definition) is 4. The van der Waals surface area contributed by atoms with E-state index in [0.717, 1.165) is 55.3 Å². The van der Waals surface area contributed by atoms with E-state index in [1.807, 2.05) is 6.92 Å². The van der Waals surface area contributed by atoms with E-state index >= 15 is 0 Å². The number of quaternary nitrogens is 1. The molecule has 0 fully saturated rings. The molecule has 0 aromatic carbocycles. The van der Waals surface area contributed by atoms with E-state index in [-0.39, 0.29) is 0 Å². The lowest BCUT2D eigenvalue weighted by Gasteiger charge is -2.23. The Bertz CT molecular complexity index is 345. The average Bonchev–Trinajstić information content (AvgIpc) is 2.43. The van der Waals surface area contributed by atoms with Crippen LogP contribution in [0.3, 0.4) is 0 Å². The van der Waals surface area contributed by atoms with Gasteiger partial charge in [0.15, 0.2) is 0 Å². The van der Waals surface area contributed by atoms with Gasteiger partial charge in [-0.15, -0.1) is 0 Å². The first-order valence-electron chi connectivity index (χ1n) is 8.17. The molecule has 5 nitrogen and oxygen atoms in total. The highest BCUT2D eigenvalue weighted by molar-refractivity contribution is 5.91. The van der Waals surface area contributed by atoms with Gasteiger partial charge in [0.05, 0.1) is 40.9 Å². The Labute approximate surface area is 134 Å². The predicted octanol–water partition coefficient (Wildman–Crippen LogP) is 2.70. The molecule has 5 heteroatoms. The maximum atomic E-state index is 11.4. The zero-order valence-electron chi connectivity index (χ0n) is 14.6. The fourth-order valence-electron chi connectivity index (χ4n) is 1.76. The summed E-state index contributed by atoms with van der Waals surface area (Å²) in [5, 5.41) is 0. The van der Waals surface area contributed by atoms with E-state index in [4.69, 9.17) is 9.47 Å². The molecule has 0 bridgehead atoms. The summed E-state index contributed by atoms with van der Waals surface area (Å²) in [4.78, 5) is 22.6. The molecule has 0 radical (unpaired) electrons. The van der Waals surface area contributed by atoms with Crippen LogP contribution in [0.2, 0.25) is 0 Å². The third-order valence-corrected chi connectivity index (χ3v) is 3.07. The first kappa shape index (κ1) is 20.6. The average molecular weight is 314 g/mol. The van der Waals surface area contributed by atoms with Crippen molar-refractivity contribution in [3.63, 3.8) is 0 Å². The fraction of sp³-hybridized carbons (Fsp3) is 0.765. The Kier molecular flexibility index (Phi) is 11.5. The first-order valence-corrected chi connectivity index (χ1v) is 8.17. The minimum atomic E-state index is -0.495. The smallest absolute Gasteiger partial charge is 0.331 e. The van der Waals surface area contributed by atoms with Crippen LogP contribution in [0.5, 0.6) is 0 Å². The van der Waals surface area contributed by atoms with Crippen molar-refractivity contribution in [3.8, 4) is 0 Å². The molecule has 0 heterocycles. The minimum Gasteiger partial charge on any atom is -0.463 e. The third kappa shape index (κ3) is 15.0. The van der Waals surface area contributed by atoms with Gasteiger partial charge >= 0.3 is 11.9 Å². The van der Waals surface area contributed by atoms with Crippen LogP contribution >= 0.6 is 0 Å². The molecule has 0 atom stereocenters. The Hall–Kier alpha value is -1.36. The third-order valence-electron chi connectivity index (χ3n) is 3.07. The van der Waals surface area contributed by atoms with Crippen LogP contribution in [0, 0.1) is 0 Å². The second-order valence-electron chi connectivity index (χ2n) is 6.45. The molecule has 0 N–H and O–H groups in total. The summed E-state index contributed by atoms with van der Waals surface area (Å²) < 4.78 is 10.9. The number of hydrogen-bond donors (Lipinski definition) is 0. The molecular formula is C17H32NO4+. The number of carbonyl (C=O) groups excluding carboxylic acids is 2. The molecule has 22 heavy (non-hydrogen) atoms. The topological polar surface area (TPSA) is 52.6 Å². The quantitative estimate of drug-likeness (QED) is 0.240. The van der Waals surface area contributed by atoms with Gasteiger partial charge in [0.1, 0.15) is 0 Å². The van der Waals surface area contributed by atoms with Crippen LogP contribution in [0.4, 0.5) is 0 Å². The first-order chi connectivity index (χ1) is 10.3. The normalized spacial score (nSPS) is 11.6. The van der Waals surface area contributed by atoms with Crippen molar-refractivity contribution in [1.82, 2.24) is 0 Å². The second-order valence-corrected chi connectivity index (χ2v) is 6.45. The summed E-state index contributed by atoms with van der Waals surface area (Å²) >= 11 is 0. The van der Waals surface area contributed by atoms with Crippen LogP contribution < -0.4 is 0 Å². The van der Waals surface area contributed by atoms with Gasteiger partial charge in [-0.1, -0.05) is 13.3 Å². The summed E-state index contributed by atoms with van der Waals surface area (Å²) in [5.41, 5.74) is 0. The number of nitrogens with zero attached hydrogens (tertiary/aromatic N) is 1. The summed E-state index contributed by atoms with van der Waals surface area (Å²) in [6.45, 7) is 3.96. The number of ether oxygens (including phenoxy) is 2. The lowest BCUT2D eigenvalue weighted by Crippen LogP contribution is -2.35. The van der Waals surface area contributed by atoms with Crippen molar-refractivity contribution in [2.45, 2.75) is 45.4 Å². The van der Waals surface area contributed by atoms with Crippen molar-refractivity contribution in [3.05, 3.63) is 12.2 Å². The van der Waals surface area contributed by atoms with Gasteiger partial charge in [-0.25, -0.2) is 9.59 Å². The van der Waals surface area contributed by atoms with Crippen molar-refractivity contribution >= 4 is 11.9 Å². The van der Waals surface area contributed by atoms with Crippen molar-refractivity contribution < 1.29 is 23.5 Å². The van der Waals surface area contributed by atoms with Crippen LogP contribution in [0.25, 0.3) is 0 Å². The predicted molar refractivity (Wildman–Crippen MR) is 87.3 cm³/mol. The van der Waals surface area contributed by atoms with Crippen LogP contribution in [-0.4, -0.2) is 57.3 Å². The maximum Gasteiger partial charge on any atom is 0.331 e. The number of carbonyl (C=O) groups is 2. The molecular weight excluding hydrogens is 282 g/mol. The number of unbranched alkanes of at least 4 members (excludes halogenated alkanes) is 4. The van der Waals surface area contributed by atoms with Crippen LogP contribution in [-0.2, 0) is 19.1 Å². The van der Waals surface area contributed by atoms with E-state index < -0.39 is 11.9 Å². The summed E-state index contributed by atoms with van der Waals surface area (Å²) in [6.07, 6.45) is 8.29. The maximum absolute atomic E-state index is 11.4. The standard InChI is InChI=1S/C17H32NO4/c1-5-6-14-21-16(19)11-12-17(20)22-15-10-8-7-9-13-18(2,3)4/h11-12H,5-10,13-15H2,1-4H3/q+1/b12-11+. The van der Waals surface area contributed by atoms with Crippen molar-refractivity contribution in [2.75, 3.05) is 40.9 Å². The van der Waals surface area contributed by atoms with Crippen molar-refractivity contribution in [2.24, 2.45) is 0 Å². The molecule has 0 rings (SSSR count). The SMILES string of the molecule is CCCCOC(=O)/C=C/C(=O)OCCCCCC[N+](C)(C)C. The molecule has 0 amide bonds. The summed E-state index contributed by atoms with van der Waals surface area (Å²) in [5.74, 6) is -0.982. The van der Waals surface area contributed by atoms with Gasteiger partial charge in [0.2, 0.25) is 0 Å². The van der Waals surface area contributed by atoms with E-state index in [1.54, 1.807) is 0 Å². The van der Waals surface area contributed by atoms with Gasteiger partial charge in [-0.2, -0.15) is 0 Å². The summed E-state index contributed by atoms with van der Waals surface area (Å²) in [6, 6.07) is 0. The van der Waals surface area contributed by atoms with E-state index in [9.17, 15) is 9.59 Å². The Morgan fingerprint density at radius 2 is 1.32 bits per heavy atom. The highest BCUT2D eigenvalue weighted by Gasteiger charge is 2.05.